The van der Waals surface area contributed by atoms with E-state index < -0.39 is 10.0 Å². The Morgan fingerprint density at radius 2 is 1.75 bits per heavy atom. The van der Waals surface area contributed by atoms with Crippen LogP contribution >= 0.6 is 0 Å². The summed E-state index contributed by atoms with van der Waals surface area (Å²) in [7, 11) is -3.37. The van der Waals surface area contributed by atoms with Crippen molar-refractivity contribution in [2.45, 2.75) is 26.0 Å². The summed E-state index contributed by atoms with van der Waals surface area (Å²) in [6.45, 7) is 4.08. The predicted molar refractivity (Wildman–Crippen MR) is 83.2 cm³/mol. The van der Waals surface area contributed by atoms with Gasteiger partial charge in [0.2, 0.25) is 10.0 Å². The molecule has 0 aromatic heterocycles. The monoisotopic (exact) mass is 289 g/mol. The molecule has 0 aliphatic heterocycles. The van der Waals surface area contributed by atoms with Crippen LogP contribution in [-0.2, 0) is 22.2 Å². The molecule has 0 spiro atoms. The van der Waals surface area contributed by atoms with Gasteiger partial charge in [-0.25, -0.2) is 8.42 Å². The van der Waals surface area contributed by atoms with Crippen molar-refractivity contribution in [3.8, 4) is 0 Å². The van der Waals surface area contributed by atoms with E-state index in [9.17, 15) is 8.42 Å². The molecule has 0 radical (unpaired) electrons. The van der Waals surface area contributed by atoms with E-state index in [0.29, 0.717) is 5.69 Å². The van der Waals surface area contributed by atoms with E-state index >= 15 is 0 Å². The first-order valence-electron chi connectivity index (χ1n) is 6.64. The van der Waals surface area contributed by atoms with E-state index in [1.54, 1.807) is 0 Å². The third-order valence-corrected chi connectivity index (χ3v) is 4.46. The Morgan fingerprint density at radius 1 is 1.05 bits per heavy atom. The second kappa shape index (κ2) is 6.09. The van der Waals surface area contributed by atoms with Crippen LogP contribution in [0.3, 0.4) is 0 Å². The topological polar surface area (TPSA) is 46.2 Å². The summed E-state index contributed by atoms with van der Waals surface area (Å²) in [5, 5.41) is 0. The third kappa shape index (κ3) is 3.84. The number of hydrogen-bond acceptors (Lipinski definition) is 2. The fourth-order valence-corrected chi connectivity index (χ4v) is 3.35. The highest BCUT2D eigenvalue weighted by atomic mass is 32.2. The quantitative estimate of drug-likeness (QED) is 0.915. The van der Waals surface area contributed by atoms with Crippen LogP contribution in [0.2, 0.25) is 0 Å². The van der Waals surface area contributed by atoms with Crippen LogP contribution in [0.25, 0.3) is 0 Å². The van der Waals surface area contributed by atoms with Gasteiger partial charge in [-0.15, -0.1) is 0 Å². The Morgan fingerprint density at radius 3 is 2.35 bits per heavy atom. The minimum atomic E-state index is -3.37. The Bertz CT molecular complexity index is 679. The van der Waals surface area contributed by atoms with E-state index in [2.05, 4.69) is 11.6 Å². The minimum absolute atomic E-state index is 0.0115. The molecule has 0 atom stereocenters. The van der Waals surface area contributed by atoms with E-state index in [1.165, 1.54) is 5.56 Å². The molecular formula is C16H19NO2S. The predicted octanol–water partition coefficient (Wildman–Crippen LogP) is 3.50. The molecule has 4 heteroatoms. The van der Waals surface area contributed by atoms with Gasteiger partial charge in [0.15, 0.2) is 0 Å². The zero-order valence-corrected chi connectivity index (χ0v) is 12.6. The van der Waals surface area contributed by atoms with Crippen molar-refractivity contribution in [1.29, 1.82) is 0 Å². The van der Waals surface area contributed by atoms with E-state index in [-0.39, 0.29) is 5.75 Å². The minimum Gasteiger partial charge on any atom is -0.283 e. The van der Waals surface area contributed by atoms with Crippen LogP contribution in [0.5, 0.6) is 0 Å². The van der Waals surface area contributed by atoms with Crippen LogP contribution in [-0.4, -0.2) is 8.42 Å². The van der Waals surface area contributed by atoms with Crippen molar-refractivity contribution in [3.63, 3.8) is 0 Å². The van der Waals surface area contributed by atoms with Gasteiger partial charge >= 0.3 is 0 Å². The molecule has 0 saturated carbocycles. The molecule has 2 aromatic carbocycles. The van der Waals surface area contributed by atoms with Crippen molar-refractivity contribution in [2.24, 2.45) is 0 Å². The van der Waals surface area contributed by atoms with Gasteiger partial charge in [0.05, 0.1) is 5.75 Å². The van der Waals surface area contributed by atoms with Gasteiger partial charge < -0.3 is 0 Å². The number of sulfonamides is 1. The first-order valence-corrected chi connectivity index (χ1v) is 8.29. The SMILES string of the molecule is CCc1ccc(NS(=O)(=O)Cc2ccccc2)cc1C. The van der Waals surface area contributed by atoms with Gasteiger partial charge in [-0.2, -0.15) is 0 Å². The molecule has 0 fully saturated rings. The molecule has 0 aliphatic carbocycles. The summed E-state index contributed by atoms with van der Waals surface area (Å²) in [5.74, 6) is -0.0115. The van der Waals surface area contributed by atoms with Gasteiger partial charge in [0, 0.05) is 5.69 Å². The molecular weight excluding hydrogens is 270 g/mol. The molecule has 1 N–H and O–H groups in total. The molecule has 0 unspecified atom stereocenters. The third-order valence-electron chi connectivity index (χ3n) is 3.20. The molecule has 0 saturated heterocycles. The molecule has 0 heterocycles. The summed E-state index contributed by atoms with van der Waals surface area (Å²) in [4.78, 5) is 0. The maximum atomic E-state index is 12.1. The summed E-state index contributed by atoms with van der Waals surface area (Å²) in [6.07, 6.45) is 0.947. The molecule has 2 aromatic rings. The second-order valence-corrected chi connectivity index (χ2v) is 6.56. The first-order chi connectivity index (χ1) is 9.50. The Labute approximate surface area is 120 Å². The largest absolute Gasteiger partial charge is 0.283 e. The number of anilines is 1. The van der Waals surface area contributed by atoms with Gasteiger partial charge in [-0.05, 0) is 42.2 Å². The van der Waals surface area contributed by atoms with Gasteiger partial charge in [0.1, 0.15) is 0 Å². The number of hydrogen-bond donors (Lipinski definition) is 1. The van der Waals surface area contributed by atoms with Gasteiger partial charge in [-0.1, -0.05) is 43.3 Å². The van der Waals surface area contributed by atoms with Crippen LogP contribution < -0.4 is 4.72 Å². The molecule has 106 valence electrons. The van der Waals surface area contributed by atoms with Crippen LogP contribution in [0.4, 0.5) is 5.69 Å². The summed E-state index contributed by atoms with van der Waals surface area (Å²) >= 11 is 0. The average molecular weight is 289 g/mol. The number of benzene rings is 2. The number of aryl methyl sites for hydroxylation is 2. The zero-order valence-electron chi connectivity index (χ0n) is 11.8. The standard InChI is InChI=1S/C16H19NO2S/c1-3-15-9-10-16(11-13(15)2)17-20(18,19)12-14-7-5-4-6-8-14/h4-11,17H,3,12H2,1-2H3. The Hall–Kier alpha value is -1.81. The molecule has 3 nitrogen and oxygen atoms in total. The zero-order chi connectivity index (χ0) is 14.6. The normalized spacial score (nSPS) is 11.3. The van der Waals surface area contributed by atoms with E-state index in [0.717, 1.165) is 17.5 Å². The Balaban J connectivity index is 2.14. The highest BCUT2D eigenvalue weighted by Crippen LogP contribution is 2.18. The number of rotatable bonds is 5. The lowest BCUT2D eigenvalue weighted by Crippen LogP contribution is -2.15. The molecule has 0 amide bonds. The smallest absolute Gasteiger partial charge is 0.236 e. The van der Waals surface area contributed by atoms with Crippen LogP contribution in [0.15, 0.2) is 48.5 Å². The lowest BCUT2D eigenvalue weighted by Gasteiger charge is -2.10. The fourth-order valence-electron chi connectivity index (χ4n) is 2.17. The Kier molecular flexibility index (Phi) is 4.45. The van der Waals surface area contributed by atoms with Crippen molar-refractivity contribution < 1.29 is 8.42 Å². The van der Waals surface area contributed by atoms with Gasteiger partial charge in [-0.3, -0.25) is 4.72 Å². The lowest BCUT2D eigenvalue weighted by molar-refractivity contribution is 0.600. The van der Waals surface area contributed by atoms with Crippen molar-refractivity contribution in [2.75, 3.05) is 4.72 Å². The van der Waals surface area contributed by atoms with Crippen LogP contribution in [0.1, 0.15) is 23.6 Å². The number of nitrogens with one attached hydrogen (secondary N) is 1. The van der Waals surface area contributed by atoms with Crippen molar-refractivity contribution in [3.05, 3.63) is 65.2 Å². The fraction of sp³-hybridized carbons (Fsp3) is 0.250. The van der Waals surface area contributed by atoms with E-state index in [4.69, 9.17) is 0 Å². The maximum absolute atomic E-state index is 12.1. The molecule has 20 heavy (non-hydrogen) atoms. The van der Waals surface area contributed by atoms with Gasteiger partial charge in [0.25, 0.3) is 0 Å². The summed E-state index contributed by atoms with van der Waals surface area (Å²) in [6, 6.07) is 14.8. The molecule has 0 bridgehead atoms. The van der Waals surface area contributed by atoms with E-state index in [1.807, 2.05) is 55.5 Å². The highest BCUT2D eigenvalue weighted by molar-refractivity contribution is 7.91. The lowest BCUT2D eigenvalue weighted by atomic mass is 10.1. The van der Waals surface area contributed by atoms with Crippen LogP contribution in [0, 0.1) is 6.92 Å². The summed E-state index contributed by atoms with van der Waals surface area (Å²) in [5.41, 5.74) is 3.74. The average Bonchev–Trinajstić information content (AvgIpc) is 2.39. The first kappa shape index (κ1) is 14.6. The molecule has 2 rings (SSSR count). The van der Waals surface area contributed by atoms with Crippen molar-refractivity contribution >= 4 is 15.7 Å². The highest BCUT2D eigenvalue weighted by Gasteiger charge is 2.12. The summed E-state index contributed by atoms with van der Waals surface area (Å²) < 4.78 is 26.9. The second-order valence-electron chi connectivity index (χ2n) is 4.84. The maximum Gasteiger partial charge on any atom is 0.236 e. The molecule has 0 aliphatic rings. The van der Waals surface area contributed by atoms with Crippen molar-refractivity contribution in [1.82, 2.24) is 0 Å².